The van der Waals surface area contributed by atoms with Gasteiger partial charge >= 0.3 is 18.9 Å². The van der Waals surface area contributed by atoms with E-state index >= 15 is 0 Å². The van der Waals surface area contributed by atoms with Crippen LogP contribution in [0.15, 0.2) is 11.4 Å². The minimum Gasteiger partial charge on any atom is -0.422 e. The van der Waals surface area contributed by atoms with Crippen LogP contribution in [0.3, 0.4) is 0 Å². The van der Waals surface area contributed by atoms with Gasteiger partial charge < -0.3 is 15.8 Å². The maximum absolute atomic E-state index is 6.57. The summed E-state index contributed by atoms with van der Waals surface area (Å²) in [6.45, 7) is 13.8. The number of hydrogen-bond acceptors (Lipinski definition) is 2. The van der Waals surface area contributed by atoms with Crippen LogP contribution in [-0.2, 0) is 4.43 Å². The molecule has 1 heterocycles. The van der Waals surface area contributed by atoms with Gasteiger partial charge in [-0.25, -0.2) is 0 Å². The minimum atomic E-state index is -1.68. The molecule has 104 valence electrons. The van der Waals surface area contributed by atoms with E-state index in [1.807, 2.05) is 0 Å². The second-order valence-corrected chi connectivity index (χ2v) is 12.0. The van der Waals surface area contributed by atoms with Crippen LogP contribution in [0.1, 0.15) is 58.6 Å². The van der Waals surface area contributed by atoms with Gasteiger partial charge in [-0.2, -0.15) is 17.0 Å². The molecule has 0 amide bonds. The number of rotatable bonds is 6. The molecule has 0 radical (unpaired) electrons. The zero-order chi connectivity index (χ0) is 13.8. The molecule has 19 heavy (non-hydrogen) atoms. The van der Waals surface area contributed by atoms with Gasteiger partial charge in [0.05, 0.1) is 0 Å². The molecule has 1 aromatic rings. The largest absolute Gasteiger partial charge is 1.00 e. The van der Waals surface area contributed by atoms with Crippen LogP contribution < -0.4 is 18.9 Å². The summed E-state index contributed by atoms with van der Waals surface area (Å²) in [5, 5.41) is 5.65. The predicted molar refractivity (Wildman–Crippen MR) is 83.7 cm³/mol. The molecule has 0 aliphatic carbocycles. The first kappa shape index (κ1) is 19.5. The van der Waals surface area contributed by atoms with E-state index < -0.39 is 8.32 Å². The number of thiophene rings is 1. The van der Waals surface area contributed by atoms with Crippen LogP contribution >= 0.6 is 11.3 Å². The van der Waals surface area contributed by atoms with Crippen molar-refractivity contribution in [1.82, 2.24) is 0 Å². The first-order chi connectivity index (χ1) is 8.28. The number of hydrogen-bond donors (Lipinski definition) is 0. The summed E-state index contributed by atoms with van der Waals surface area (Å²) in [5.41, 5.74) is 1.32. The van der Waals surface area contributed by atoms with E-state index in [0.717, 1.165) is 6.42 Å². The SMILES string of the molecule is CCCCC(O[Si](C)(C)C(C)(C)C)c1c[c-]sc1.[Li+]. The summed E-state index contributed by atoms with van der Waals surface area (Å²) in [6, 6.07) is 2.10. The van der Waals surface area contributed by atoms with Crippen molar-refractivity contribution < 1.29 is 23.3 Å². The quantitative estimate of drug-likeness (QED) is 0.578. The Hall–Kier alpha value is 0.474. The Balaban J connectivity index is 0.00000324. The van der Waals surface area contributed by atoms with Crippen molar-refractivity contribution in [3.63, 3.8) is 0 Å². The van der Waals surface area contributed by atoms with Gasteiger partial charge in [0.25, 0.3) is 0 Å². The first-order valence-electron chi connectivity index (χ1n) is 6.90. The summed E-state index contributed by atoms with van der Waals surface area (Å²) in [6.07, 6.45) is 3.86. The summed E-state index contributed by atoms with van der Waals surface area (Å²) >= 11 is 1.65. The Kier molecular flexibility index (Phi) is 8.25. The van der Waals surface area contributed by atoms with Gasteiger partial charge in [0.2, 0.25) is 0 Å². The second-order valence-electron chi connectivity index (χ2n) is 6.51. The van der Waals surface area contributed by atoms with Crippen LogP contribution in [0.4, 0.5) is 0 Å². The smallest absolute Gasteiger partial charge is 0.422 e. The molecule has 0 aromatic carbocycles. The molecule has 1 nitrogen and oxygen atoms in total. The third kappa shape index (κ3) is 5.77. The Morgan fingerprint density at radius 3 is 2.42 bits per heavy atom. The van der Waals surface area contributed by atoms with Crippen LogP contribution in [-0.4, -0.2) is 8.32 Å². The second kappa shape index (κ2) is 8.05. The predicted octanol–water partition coefficient (Wildman–Crippen LogP) is 2.81. The molecule has 4 heteroatoms. The minimum absolute atomic E-state index is 0. The summed E-state index contributed by atoms with van der Waals surface area (Å²) in [7, 11) is -1.68. The van der Waals surface area contributed by atoms with Crippen LogP contribution in [0.2, 0.25) is 18.1 Å². The van der Waals surface area contributed by atoms with Crippen molar-refractivity contribution in [3.05, 3.63) is 22.4 Å². The number of unbranched alkanes of at least 4 members (excludes halogenated alkanes) is 1. The van der Waals surface area contributed by atoms with Crippen molar-refractivity contribution in [2.24, 2.45) is 0 Å². The molecule has 0 saturated carbocycles. The van der Waals surface area contributed by atoms with Crippen molar-refractivity contribution in [2.75, 3.05) is 0 Å². The zero-order valence-corrected chi connectivity index (χ0v) is 15.5. The Labute approximate surface area is 136 Å². The third-order valence-corrected chi connectivity index (χ3v) is 9.05. The van der Waals surface area contributed by atoms with Crippen LogP contribution in [0.5, 0.6) is 0 Å². The molecule has 0 aliphatic rings. The third-order valence-electron chi connectivity index (χ3n) is 3.92. The molecule has 0 N–H and O–H groups in total. The average Bonchev–Trinajstić information content (AvgIpc) is 2.75. The van der Waals surface area contributed by atoms with Gasteiger partial charge in [-0.1, -0.05) is 40.5 Å². The van der Waals surface area contributed by atoms with E-state index in [-0.39, 0.29) is 30.0 Å². The molecule has 1 rings (SSSR count). The van der Waals surface area contributed by atoms with E-state index in [1.54, 1.807) is 11.3 Å². The normalized spacial score (nSPS) is 14.0. The van der Waals surface area contributed by atoms with Gasteiger partial charge in [-0.15, -0.1) is 5.38 Å². The van der Waals surface area contributed by atoms with Gasteiger partial charge in [-0.3, -0.25) is 0 Å². The van der Waals surface area contributed by atoms with Gasteiger partial charge in [-0.05, 0) is 24.6 Å². The summed E-state index contributed by atoms with van der Waals surface area (Å²) in [4.78, 5) is 0. The van der Waals surface area contributed by atoms with Crippen LogP contribution in [0.25, 0.3) is 0 Å². The topological polar surface area (TPSA) is 9.23 Å². The summed E-state index contributed by atoms with van der Waals surface area (Å²) < 4.78 is 6.57. The van der Waals surface area contributed by atoms with E-state index in [2.05, 4.69) is 57.6 Å². The summed E-state index contributed by atoms with van der Waals surface area (Å²) in [5.74, 6) is 0. The Morgan fingerprint density at radius 1 is 1.37 bits per heavy atom. The maximum Gasteiger partial charge on any atom is 1.00 e. The average molecular weight is 290 g/mol. The van der Waals surface area contributed by atoms with Gasteiger partial charge in [0.1, 0.15) is 0 Å². The van der Waals surface area contributed by atoms with E-state index in [0.29, 0.717) is 0 Å². The molecule has 1 aromatic heterocycles. The monoisotopic (exact) mass is 290 g/mol. The van der Waals surface area contributed by atoms with Gasteiger partial charge in [0.15, 0.2) is 8.32 Å². The van der Waals surface area contributed by atoms with Crippen molar-refractivity contribution in [1.29, 1.82) is 0 Å². The van der Waals surface area contributed by atoms with Gasteiger partial charge in [0, 0.05) is 6.10 Å². The molecular formula is C15H27LiOSSi. The van der Waals surface area contributed by atoms with Crippen molar-refractivity contribution in [3.8, 4) is 0 Å². The molecule has 0 saturated heterocycles. The van der Waals surface area contributed by atoms with Crippen molar-refractivity contribution >= 4 is 19.7 Å². The van der Waals surface area contributed by atoms with E-state index in [9.17, 15) is 0 Å². The molecule has 1 atom stereocenters. The molecule has 0 aliphatic heterocycles. The van der Waals surface area contributed by atoms with E-state index in [4.69, 9.17) is 4.43 Å². The first-order valence-corrected chi connectivity index (χ1v) is 10.7. The van der Waals surface area contributed by atoms with Crippen LogP contribution in [0, 0.1) is 5.38 Å². The van der Waals surface area contributed by atoms with E-state index in [1.165, 1.54) is 18.4 Å². The Bertz CT molecular complexity index is 344. The fourth-order valence-corrected chi connectivity index (χ4v) is 3.57. The molecule has 1 unspecified atom stereocenters. The van der Waals surface area contributed by atoms with Crippen molar-refractivity contribution in [2.45, 2.75) is 71.2 Å². The molecular weight excluding hydrogens is 263 g/mol. The molecule has 0 fully saturated rings. The zero-order valence-electron chi connectivity index (χ0n) is 13.7. The maximum atomic E-state index is 6.57. The molecule has 0 spiro atoms. The fourth-order valence-electron chi connectivity index (χ4n) is 1.62. The fraction of sp³-hybridized carbons (Fsp3) is 0.733. The Morgan fingerprint density at radius 2 is 2.00 bits per heavy atom. The molecule has 0 bridgehead atoms. The standard InChI is InChI=1S/C15H27OSSi.Li/c1-7-8-9-14(13-10-11-17-12-13)16-18(5,6)15(2,3)4;/h10,12,14H,7-9H2,1-6H3;/q-1;+1.